The Morgan fingerprint density at radius 1 is 1.26 bits per heavy atom. The minimum Gasteiger partial charge on any atom is -0.326 e. The van der Waals surface area contributed by atoms with E-state index in [4.69, 9.17) is 0 Å². The number of nitrogens with one attached hydrogen (secondary N) is 1. The molecule has 0 aliphatic heterocycles. The zero-order valence-electron chi connectivity index (χ0n) is 11.4. The lowest BCUT2D eigenvalue weighted by atomic mass is 10.1. The van der Waals surface area contributed by atoms with Gasteiger partial charge in [0.1, 0.15) is 0 Å². The Morgan fingerprint density at radius 2 is 2.11 bits per heavy atom. The highest BCUT2D eigenvalue weighted by Gasteiger charge is 2.05. The fourth-order valence-corrected chi connectivity index (χ4v) is 2.71. The zero-order valence-corrected chi connectivity index (χ0v) is 12.2. The summed E-state index contributed by atoms with van der Waals surface area (Å²) in [5.74, 6) is 0.102. The van der Waals surface area contributed by atoms with E-state index in [-0.39, 0.29) is 5.91 Å². The van der Waals surface area contributed by atoms with Crippen molar-refractivity contribution in [1.29, 1.82) is 0 Å². The number of aryl methyl sites for hydroxylation is 3. The van der Waals surface area contributed by atoms with Gasteiger partial charge < -0.3 is 5.32 Å². The monoisotopic (exact) mass is 273 g/mol. The van der Waals surface area contributed by atoms with Crippen molar-refractivity contribution in [3.8, 4) is 0 Å². The first-order valence-corrected chi connectivity index (χ1v) is 7.42. The van der Waals surface area contributed by atoms with Crippen molar-refractivity contribution in [3.05, 3.63) is 51.7 Å². The first-order valence-electron chi connectivity index (χ1n) is 6.54. The molecule has 0 saturated heterocycles. The largest absolute Gasteiger partial charge is 0.326 e. The minimum atomic E-state index is 0.102. The summed E-state index contributed by atoms with van der Waals surface area (Å²) in [5.41, 5.74) is 3.21. The van der Waals surface area contributed by atoms with Crippen LogP contribution in [-0.4, -0.2) is 5.91 Å². The molecule has 0 spiro atoms. The molecule has 3 heteroatoms. The second kappa shape index (κ2) is 6.53. The van der Waals surface area contributed by atoms with Gasteiger partial charge in [-0.15, -0.1) is 11.3 Å². The highest BCUT2D eigenvalue weighted by molar-refractivity contribution is 7.09. The van der Waals surface area contributed by atoms with Crippen LogP contribution >= 0.6 is 11.3 Å². The third-order valence-corrected chi connectivity index (χ3v) is 4.01. The van der Waals surface area contributed by atoms with Crippen LogP contribution in [0.25, 0.3) is 0 Å². The Balaban J connectivity index is 1.82. The summed E-state index contributed by atoms with van der Waals surface area (Å²) in [5, 5.41) is 5.07. The maximum absolute atomic E-state index is 11.9. The summed E-state index contributed by atoms with van der Waals surface area (Å²) in [6.07, 6.45) is 2.46. The van der Waals surface area contributed by atoms with E-state index in [0.29, 0.717) is 6.42 Å². The van der Waals surface area contributed by atoms with E-state index in [2.05, 4.69) is 28.9 Å². The van der Waals surface area contributed by atoms with Crippen molar-refractivity contribution >= 4 is 22.9 Å². The van der Waals surface area contributed by atoms with Gasteiger partial charge in [-0.1, -0.05) is 18.2 Å². The average Bonchev–Trinajstić information content (AvgIpc) is 2.87. The number of thiophene rings is 1. The topological polar surface area (TPSA) is 29.1 Å². The van der Waals surface area contributed by atoms with Gasteiger partial charge in [-0.2, -0.15) is 0 Å². The van der Waals surface area contributed by atoms with Gasteiger partial charge in [0.15, 0.2) is 0 Å². The fourth-order valence-electron chi connectivity index (χ4n) is 1.96. The second-order valence-corrected chi connectivity index (χ2v) is 5.83. The number of anilines is 1. The van der Waals surface area contributed by atoms with Crippen molar-refractivity contribution in [2.45, 2.75) is 33.1 Å². The van der Waals surface area contributed by atoms with Crippen LogP contribution in [0.2, 0.25) is 0 Å². The van der Waals surface area contributed by atoms with Gasteiger partial charge in [-0.3, -0.25) is 4.79 Å². The van der Waals surface area contributed by atoms with Gasteiger partial charge in [0.2, 0.25) is 5.91 Å². The van der Waals surface area contributed by atoms with E-state index in [1.807, 2.05) is 26.0 Å². The van der Waals surface area contributed by atoms with Crippen molar-refractivity contribution in [1.82, 2.24) is 0 Å². The molecule has 1 amide bonds. The molecule has 0 radical (unpaired) electrons. The highest BCUT2D eigenvalue weighted by atomic mass is 32.1. The van der Waals surface area contributed by atoms with Gasteiger partial charge in [0.25, 0.3) is 0 Å². The van der Waals surface area contributed by atoms with Crippen LogP contribution in [0.3, 0.4) is 0 Å². The van der Waals surface area contributed by atoms with Gasteiger partial charge in [-0.05, 0) is 55.3 Å². The molecule has 0 atom stereocenters. The summed E-state index contributed by atoms with van der Waals surface area (Å²) in [6.45, 7) is 4.05. The molecule has 1 N–H and O–H groups in total. The molecule has 0 saturated carbocycles. The van der Waals surface area contributed by atoms with Gasteiger partial charge in [0, 0.05) is 17.0 Å². The molecule has 0 unspecified atom stereocenters. The highest BCUT2D eigenvalue weighted by Crippen LogP contribution is 2.17. The molecule has 0 aliphatic carbocycles. The summed E-state index contributed by atoms with van der Waals surface area (Å²) >= 11 is 1.75. The quantitative estimate of drug-likeness (QED) is 0.863. The number of amides is 1. The van der Waals surface area contributed by atoms with Crippen LogP contribution in [-0.2, 0) is 11.2 Å². The number of rotatable bonds is 5. The molecule has 2 aromatic rings. The van der Waals surface area contributed by atoms with Gasteiger partial charge in [-0.25, -0.2) is 0 Å². The van der Waals surface area contributed by atoms with Crippen molar-refractivity contribution < 1.29 is 4.79 Å². The maximum Gasteiger partial charge on any atom is 0.224 e. The lowest BCUT2D eigenvalue weighted by Gasteiger charge is -2.09. The molecule has 0 fully saturated rings. The van der Waals surface area contributed by atoms with Crippen LogP contribution in [0.5, 0.6) is 0 Å². The summed E-state index contributed by atoms with van der Waals surface area (Å²) < 4.78 is 0. The van der Waals surface area contributed by atoms with E-state index < -0.39 is 0 Å². The third kappa shape index (κ3) is 4.21. The first-order chi connectivity index (χ1) is 9.15. The SMILES string of the molecule is Cc1ccc(C)c(NC(=O)CCCc2cccs2)c1. The van der Waals surface area contributed by atoms with E-state index in [1.54, 1.807) is 11.3 Å². The standard InChI is InChI=1S/C16H19NOS/c1-12-8-9-13(2)15(11-12)17-16(18)7-3-5-14-6-4-10-19-14/h4,6,8-11H,3,5,7H2,1-2H3,(H,17,18). The summed E-state index contributed by atoms with van der Waals surface area (Å²) in [6, 6.07) is 10.3. The molecule has 1 heterocycles. The van der Waals surface area contributed by atoms with Crippen LogP contribution in [0.1, 0.15) is 28.8 Å². The predicted molar refractivity (Wildman–Crippen MR) is 81.8 cm³/mol. The van der Waals surface area contributed by atoms with Crippen LogP contribution < -0.4 is 5.32 Å². The Morgan fingerprint density at radius 3 is 2.84 bits per heavy atom. The summed E-state index contributed by atoms with van der Waals surface area (Å²) in [7, 11) is 0. The average molecular weight is 273 g/mol. The van der Waals surface area contributed by atoms with Crippen molar-refractivity contribution in [2.24, 2.45) is 0 Å². The molecule has 0 bridgehead atoms. The fraction of sp³-hybridized carbons (Fsp3) is 0.312. The molecule has 19 heavy (non-hydrogen) atoms. The van der Waals surface area contributed by atoms with Gasteiger partial charge >= 0.3 is 0 Å². The number of hydrogen-bond acceptors (Lipinski definition) is 2. The smallest absolute Gasteiger partial charge is 0.224 e. The Kier molecular flexibility index (Phi) is 4.74. The normalized spacial score (nSPS) is 10.4. The van der Waals surface area contributed by atoms with Gasteiger partial charge in [0.05, 0.1) is 0 Å². The van der Waals surface area contributed by atoms with E-state index in [1.165, 1.54) is 10.4 Å². The first kappa shape index (κ1) is 13.8. The summed E-state index contributed by atoms with van der Waals surface area (Å²) in [4.78, 5) is 13.2. The van der Waals surface area contributed by atoms with Crippen molar-refractivity contribution in [3.63, 3.8) is 0 Å². The lowest BCUT2D eigenvalue weighted by Crippen LogP contribution is -2.12. The van der Waals surface area contributed by atoms with Crippen molar-refractivity contribution in [2.75, 3.05) is 5.32 Å². The van der Waals surface area contributed by atoms with Crippen LogP contribution in [0.15, 0.2) is 35.7 Å². The molecular formula is C16H19NOS. The van der Waals surface area contributed by atoms with E-state index >= 15 is 0 Å². The molecule has 2 rings (SSSR count). The molecule has 2 nitrogen and oxygen atoms in total. The molecule has 100 valence electrons. The third-order valence-electron chi connectivity index (χ3n) is 3.07. The molecule has 1 aromatic heterocycles. The Hall–Kier alpha value is -1.61. The van der Waals surface area contributed by atoms with E-state index in [9.17, 15) is 4.79 Å². The van der Waals surface area contributed by atoms with Crippen LogP contribution in [0.4, 0.5) is 5.69 Å². The number of carbonyl (C=O) groups excluding carboxylic acids is 1. The molecule has 1 aromatic carbocycles. The maximum atomic E-state index is 11.9. The lowest BCUT2D eigenvalue weighted by molar-refractivity contribution is -0.116. The number of carbonyl (C=O) groups is 1. The molecule has 0 aliphatic rings. The zero-order chi connectivity index (χ0) is 13.7. The Bertz CT molecular complexity index is 546. The van der Waals surface area contributed by atoms with E-state index in [0.717, 1.165) is 24.1 Å². The molecular weight excluding hydrogens is 254 g/mol. The Labute approximate surface area is 118 Å². The number of hydrogen-bond donors (Lipinski definition) is 1. The number of benzene rings is 1. The second-order valence-electron chi connectivity index (χ2n) is 4.80. The minimum absolute atomic E-state index is 0.102. The predicted octanol–water partition coefficient (Wildman–Crippen LogP) is 4.33. The van der Waals surface area contributed by atoms with Crippen LogP contribution in [0, 0.1) is 13.8 Å².